The fraction of sp³-hybridized carbons (Fsp3) is 0.950. The Kier molecular flexibility index (Phi) is 7.58. The van der Waals surface area contributed by atoms with Crippen molar-refractivity contribution < 1.29 is 14.2 Å². The number of rotatable bonds is 8. The number of hydrogen-bond donors (Lipinski definition) is 2. The molecule has 3 fully saturated rings. The molecule has 1 heterocycles. The van der Waals surface area contributed by atoms with E-state index in [0.717, 1.165) is 58.2 Å². The third-order valence-corrected chi connectivity index (χ3v) is 6.33. The summed E-state index contributed by atoms with van der Waals surface area (Å²) < 4.78 is 17.2. The number of aliphatic imine (C=N–C) groups is 1. The van der Waals surface area contributed by atoms with Crippen molar-refractivity contribution in [1.82, 2.24) is 10.6 Å². The lowest BCUT2D eigenvalue weighted by Crippen LogP contribution is -2.66. The van der Waals surface area contributed by atoms with Crippen molar-refractivity contribution >= 4 is 5.96 Å². The van der Waals surface area contributed by atoms with Crippen molar-refractivity contribution in [2.45, 2.75) is 76.5 Å². The molecule has 0 bridgehead atoms. The van der Waals surface area contributed by atoms with E-state index in [0.29, 0.717) is 23.7 Å². The fourth-order valence-corrected chi connectivity index (χ4v) is 4.80. The number of ether oxygens (including phenoxy) is 3. The van der Waals surface area contributed by atoms with Gasteiger partial charge in [0.2, 0.25) is 0 Å². The maximum absolute atomic E-state index is 6.05. The van der Waals surface area contributed by atoms with Crippen LogP contribution < -0.4 is 10.6 Å². The lowest BCUT2D eigenvalue weighted by molar-refractivity contribution is -0.145. The van der Waals surface area contributed by atoms with Gasteiger partial charge in [0.05, 0.1) is 18.8 Å². The van der Waals surface area contributed by atoms with Crippen molar-refractivity contribution in [3.8, 4) is 0 Å². The van der Waals surface area contributed by atoms with E-state index in [9.17, 15) is 0 Å². The maximum Gasteiger partial charge on any atom is 0.191 e. The summed E-state index contributed by atoms with van der Waals surface area (Å²) in [5, 5.41) is 7.13. The van der Waals surface area contributed by atoms with Gasteiger partial charge in [0.15, 0.2) is 5.96 Å². The zero-order valence-electron chi connectivity index (χ0n) is 16.6. The molecule has 26 heavy (non-hydrogen) atoms. The minimum Gasteiger partial charge on any atom is -0.379 e. The van der Waals surface area contributed by atoms with Gasteiger partial charge in [-0.3, -0.25) is 4.99 Å². The van der Waals surface area contributed by atoms with Gasteiger partial charge in [-0.15, -0.1) is 0 Å². The zero-order chi connectivity index (χ0) is 18.2. The number of nitrogens with one attached hydrogen (secondary N) is 2. The van der Waals surface area contributed by atoms with Crippen LogP contribution in [-0.4, -0.2) is 64.2 Å². The molecule has 2 saturated carbocycles. The summed E-state index contributed by atoms with van der Waals surface area (Å²) in [4.78, 5) is 4.43. The van der Waals surface area contributed by atoms with Gasteiger partial charge in [-0.2, -0.15) is 0 Å². The first-order valence-electron chi connectivity index (χ1n) is 10.6. The van der Waals surface area contributed by atoms with Gasteiger partial charge >= 0.3 is 0 Å². The minimum atomic E-state index is 0.295. The molecule has 6 heteroatoms. The second kappa shape index (κ2) is 9.90. The lowest BCUT2D eigenvalue weighted by atomic mass is 9.55. The van der Waals surface area contributed by atoms with Crippen LogP contribution in [0.25, 0.3) is 0 Å². The van der Waals surface area contributed by atoms with E-state index in [-0.39, 0.29) is 0 Å². The number of hydrogen-bond acceptors (Lipinski definition) is 4. The monoisotopic (exact) mass is 367 g/mol. The van der Waals surface area contributed by atoms with Crippen LogP contribution in [0.1, 0.15) is 58.3 Å². The van der Waals surface area contributed by atoms with Crippen LogP contribution >= 0.6 is 0 Å². The SMILES string of the molecule is CCOC1CC(NC(=NC)NCCCOC2CCOC2)C12CCCCC2. The van der Waals surface area contributed by atoms with Crippen LogP contribution in [0.4, 0.5) is 0 Å². The van der Waals surface area contributed by atoms with Gasteiger partial charge in [0, 0.05) is 44.9 Å². The molecule has 3 rings (SSSR count). The molecule has 3 unspecified atom stereocenters. The summed E-state index contributed by atoms with van der Waals surface area (Å²) in [7, 11) is 1.86. The topological polar surface area (TPSA) is 64.1 Å². The van der Waals surface area contributed by atoms with E-state index in [1.807, 2.05) is 7.05 Å². The van der Waals surface area contributed by atoms with Gasteiger partial charge < -0.3 is 24.8 Å². The van der Waals surface area contributed by atoms with Crippen molar-refractivity contribution in [3.63, 3.8) is 0 Å². The predicted octanol–water partition coefficient (Wildman–Crippen LogP) is 2.47. The maximum atomic E-state index is 6.05. The van der Waals surface area contributed by atoms with Crippen LogP contribution in [0.2, 0.25) is 0 Å². The normalized spacial score (nSPS) is 31.0. The van der Waals surface area contributed by atoms with E-state index in [1.54, 1.807) is 0 Å². The summed E-state index contributed by atoms with van der Waals surface area (Å²) >= 11 is 0. The molecule has 3 aliphatic rings. The lowest BCUT2D eigenvalue weighted by Gasteiger charge is -2.57. The molecular formula is C20H37N3O3. The first kappa shape index (κ1) is 19.9. The van der Waals surface area contributed by atoms with Crippen LogP contribution in [0.3, 0.4) is 0 Å². The zero-order valence-corrected chi connectivity index (χ0v) is 16.6. The van der Waals surface area contributed by atoms with Gasteiger partial charge in [-0.1, -0.05) is 19.3 Å². The molecular weight excluding hydrogens is 330 g/mol. The standard InChI is InChI=1S/C20H37N3O3/c1-3-25-18-14-17(20(18)9-5-4-6-10-20)23-19(21-2)22-11-7-12-26-16-8-13-24-15-16/h16-18H,3-15H2,1-2H3,(H2,21,22,23). The first-order valence-corrected chi connectivity index (χ1v) is 10.6. The third kappa shape index (κ3) is 4.70. The molecule has 2 aliphatic carbocycles. The summed E-state index contributed by atoms with van der Waals surface area (Å²) in [6.45, 7) is 6.17. The Balaban J connectivity index is 1.39. The highest BCUT2D eigenvalue weighted by atomic mass is 16.5. The Morgan fingerprint density at radius 3 is 2.77 bits per heavy atom. The van der Waals surface area contributed by atoms with Gasteiger partial charge in [0.1, 0.15) is 0 Å². The highest BCUT2D eigenvalue weighted by Gasteiger charge is 2.55. The summed E-state index contributed by atoms with van der Waals surface area (Å²) in [6, 6.07) is 0.484. The van der Waals surface area contributed by atoms with Gasteiger partial charge in [-0.25, -0.2) is 0 Å². The molecule has 0 aromatic carbocycles. The summed E-state index contributed by atoms with van der Waals surface area (Å²) in [5.41, 5.74) is 0.317. The Morgan fingerprint density at radius 1 is 1.23 bits per heavy atom. The van der Waals surface area contributed by atoms with Gasteiger partial charge in [-0.05, 0) is 39.0 Å². The quantitative estimate of drug-likeness (QED) is 0.392. The largest absolute Gasteiger partial charge is 0.379 e. The van der Waals surface area contributed by atoms with Crippen molar-refractivity contribution in [3.05, 3.63) is 0 Å². The third-order valence-electron chi connectivity index (χ3n) is 6.33. The molecule has 1 spiro atoms. The van der Waals surface area contributed by atoms with E-state index in [2.05, 4.69) is 22.5 Å². The van der Waals surface area contributed by atoms with Crippen molar-refractivity contribution in [2.24, 2.45) is 10.4 Å². The Hall–Kier alpha value is -0.850. The molecule has 2 N–H and O–H groups in total. The molecule has 1 aliphatic heterocycles. The van der Waals surface area contributed by atoms with Crippen LogP contribution in [0, 0.1) is 5.41 Å². The Morgan fingerprint density at radius 2 is 2.08 bits per heavy atom. The van der Waals surface area contributed by atoms with E-state index in [1.165, 1.54) is 32.1 Å². The number of nitrogens with zero attached hydrogens (tertiary/aromatic N) is 1. The highest BCUT2D eigenvalue weighted by Crippen LogP contribution is 2.53. The molecule has 1 saturated heterocycles. The summed E-state index contributed by atoms with van der Waals surface area (Å²) in [5.74, 6) is 0.916. The number of guanidine groups is 1. The van der Waals surface area contributed by atoms with Crippen LogP contribution in [0.5, 0.6) is 0 Å². The molecule has 0 amide bonds. The first-order chi connectivity index (χ1) is 12.8. The smallest absolute Gasteiger partial charge is 0.191 e. The molecule has 0 aromatic rings. The molecule has 150 valence electrons. The highest BCUT2D eigenvalue weighted by molar-refractivity contribution is 5.80. The predicted molar refractivity (Wildman–Crippen MR) is 104 cm³/mol. The molecule has 3 atom stereocenters. The Labute approximate surface area is 158 Å². The average Bonchev–Trinajstić information content (AvgIpc) is 3.19. The molecule has 0 aromatic heterocycles. The second-order valence-corrected chi connectivity index (χ2v) is 7.88. The minimum absolute atomic E-state index is 0.295. The fourth-order valence-electron chi connectivity index (χ4n) is 4.80. The summed E-state index contributed by atoms with van der Waals surface area (Å²) in [6.07, 6.45) is 10.4. The van der Waals surface area contributed by atoms with E-state index < -0.39 is 0 Å². The molecule has 0 radical (unpaired) electrons. The average molecular weight is 368 g/mol. The van der Waals surface area contributed by atoms with Crippen LogP contribution in [-0.2, 0) is 14.2 Å². The molecule has 6 nitrogen and oxygen atoms in total. The van der Waals surface area contributed by atoms with E-state index in [4.69, 9.17) is 14.2 Å². The van der Waals surface area contributed by atoms with Crippen LogP contribution in [0.15, 0.2) is 4.99 Å². The van der Waals surface area contributed by atoms with E-state index >= 15 is 0 Å². The van der Waals surface area contributed by atoms with Crippen molar-refractivity contribution in [2.75, 3.05) is 40.0 Å². The Bertz CT molecular complexity index is 446. The second-order valence-electron chi connectivity index (χ2n) is 7.88. The van der Waals surface area contributed by atoms with Crippen molar-refractivity contribution in [1.29, 1.82) is 0 Å². The van der Waals surface area contributed by atoms with Gasteiger partial charge in [0.25, 0.3) is 0 Å².